The molecule has 0 unspecified atom stereocenters. The summed E-state index contributed by atoms with van der Waals surface area (Å²) in [7, 11) is 3.83. The highest BCUT2D eigenvalue weighted by Crippen LogP contribution is 2.14. The zero-order valence-corrected chi connectivity index (χ0v) is 8.56. The van der Waals surface area contributed by atoms with Crippen LogP contribution in [0.5, 0.6) is 0 Å². The third kappa shape index (κ3) is 2.68. The Kier molecular flexibility index (Phi) is 3.22. The molecule has 0 fully saturated rings. The van der Waals surface area contributed by atoms with Crippen LogP contribution in [0.2, 0.25) is 0 Å². The van der Waals surface area contributed by atoms with Crippen molar-refractivity contribution in [3.63, 3.8) is 0 Å². The highest BCUT2D eigenvalue weighted by molar-refractivity contribution is 7.80. The quantitative estimate of drug-likeness (QED) is 0.562. The molecule has 1 aromatic rings. The molecule has 0 aliphatic rings. The maximum absolute atomic E-state index is 5.56. The molecule has 0 spiro atoms. The van der Waals surface area contributed by atoms with Gasteiger partial charge in [0.05, 0.1) is 5.69 Å². The highest BCUT2D eigenvalue weighted by Gasteiger charge is 2.03. The number of hydrogen-bond acceptors (Lipinski definition) is 3. The number of nitrogens with one attached hydrogen (secondary N) is 1. The lowest BCUT2D eigenvalue weighted by Gasteiger charge is -2.16. The molecule has 3 N–H and O–H groups in total. The summed E-state index contributed by atoms with van der Waals surface area (Å²) < 4.78 is 0. The van der Waals surface area contributed by atoms with E-state index < -0.39 is 0 Å². The predicted molar refractivity (Wildman–Crippen MR) is 59.6 cm³/mol. The van der Waals surface area contributed by atoms with Crippen LogP contribution in [0.25, 0.3) is 0 Å². The molecule has 0 radical (unpaired) electrons. The predicted octanol–water partition coefficient (Wildman–Crippen LogP) is 1.21. The number of nitrogens with two attached hydrogens (primary N) is 1. The number of thiocarbonyl (C=S) groups is 1. The molecular formula is C9H13N3S. The SMILES string of the molecule is CN(C)Nc1ccccc1C(N)=S. The number of benzene rings is 1. The van der Waals surface area contributed by atoms with E-state index in [9.17, 15) is 0 Å². The lowest BCUT2D eigenvalue weighted by atomic mass is 10.2. The van der Waals surface area contributed by atoms with E-state index in [0.717, 1.165) is 11.3 Å². The van der Waals surface area contributed by atoms with Gasteiger partial charge in [0.1, 0.15) is 4.99 Å². The summed E-state index contributed by atoms with van der Waals surface area (Å²) in [4.78, 5) is 0.407. The van der Waals surface area contributed by atoms with Crippen LogP contribution < -0.4 is 11.2 Å². The van der Waals surface area contributed by atoms with E-state index in [2.05, 4.69) is 5.43 Å². The molecule has 1 rings (SSSR count). The Morgan fingerprint density at radius 2 is 2.00 bits per heavy atom. The Labute approximate surface area is 83.5 Å². The third-order valence-corrected chi connectivity index (χ3v) is 1.76. The number of hydrogen-bond donors (Lipinski definition) is 2. The van der Waals surface area contributed by atoms with Crippen LogP contribution in [0.3, 0.4) is 0 Å². The molecule has 0 aliphatic carbocycles. The molecule has 70 valence electrons. The Morgan fingerprint density at radius 1 is 1.38 bits per heavy atom. The van der Waals surface area contributed by atoms with Gasteiger partial charge in [0.15, 0.2) is 0 Å². The van der Waals surface area contributed by atoms with E-state index in [4.69, 9.17) is 18.0 Å². The van der Waals surface area contributed by atoms with Gasteiger partial charge in [-0.25, -0.2) is 5.01 Å². The highest BCUT2D eigenvalue weighted by atomic mass is 32.1. The van der Waals surface area contributed by atoms with Gasteiger partial charge in [0.25, 0.3) is 0 Å². The van der Waals surface area contributed by atoms with Gasteiger partial charge in [-0.2, -0.15) is 0 Å². The topological polar surface area (TPSA) is 41.3 Å². The standard InChI is InChI=1S/C9H13N3S/c1-12(2)11-8-6-4-3-5-7(8)9(10)13/h3-6,11H,1-2H3,(H2,10,13). The molecule has 0 atom stereocenters. The minimum Gasteiger partial charge on any atom is -0.389 e. The molecule has 0 saturated carbocycles. The monoisotopic (exact) mass is 195 g/mol. The summed E-state index contributed by atoms with van der Waals surface area (Å²) in [5.74, 6) is 0. The van der Waals surface area contributed by atoms with Crippen molar-refractivity contribution in [3.05, 3.63) is 29.8 Å². The average Bonchev–Trinajstić information content (AvgIpc) is 2.03. The van der Waals surface area contributed by atoms with Gasteiger partial charge in [-0.3, -0.25) is 0 Å². The molecule has 0 amide bonds. The third-order valence-electron chi connectivity index (χ3n) is 1.54. The fourth-order valence-electron chi connectivity index (χ4n) is 1.04. The minimum atomic E-state index is 0.407. The van der Waals surface area contributed by atoms with Crippen molar-refractivity contribution >= 4 is 22.9 Å². The molecular weight excluding hydrogens is 182 g/mol. The molecule has 0 saturated heterocycles. The lowest BCUT2D eigenvalue weighted by molar-refractivity contribution is 0.495. The van der Waals surface area contributed by atoms with Gasteiger partial charge in [0, 0.05) is 19.7 Å². The zero-order valence-electron chi connectivity index (χ0n) is 7.74. The van der Waals surface area contributed by atoms with Crippen LogP contribution in [0.4, 0.5) is 5.69 Å². The second kappa shape index (κ2) is 4.20. The van der Waals surface area contributed by atoms with E-state index in [1.807, 2.05) is 43.4 Å². The van der Waals surface area contributed by atoms with Crippen LogP contribution in [0.1, 0.15) is 5.56 Å². The van der Waals surface area contributed by atoms with Gasteiger partial charge < -0.3 is 11.2 Å². The first-order valence-corrected chi connectivity index (χ1v) is 4.35. The van der Waals surface area contributed by atoms with Crippen LogP contribution in [0, 0.1) is 0 Å². The fourth-order valence-corrected chi connectivity index (χ4v) is 1.21. The Morgan fingerprint density at radius 3 is 2.54 bits per heavy atom. The summed E-state index contributed by atoms with van der Waals surface area (Å²) in [6.45, 7) is 0. The Bertz CT molecular complexity index is 309. The molecule has 0 aromatic heterocycles. The number of anilines is 1. The van der Waals surface area contributed by atoms with Crippen LogP contribution in [0.15, 0.2) is 24.3 Å². The van der Waals surface area contributed by atoms with Crippen molar-refractivity contribution in [3.8, 4) is 0 Å². The molecule has 13 heavy (non-hydrogen) atoms. The van der Waals surface area contributed by atoms with Crippen molar-refractivity contribution in [2.45, 2.75) is 0 Å². The first-order valence-electron chi connectivity index (χ1n) is 3.94. The largest absolute Gasteiger partial charge is 0.389 e. The summed E-state index contributed by atoms with van der Waals surface area (Å²) in [6, 6.07) is 7.69. The van der Waals surface area contributed by atoms with Crippen LogP contribution in [-0.2, 0) is 0 Å². The maximum atomic E-state index is 5.56. The van der Waals surface area contributed by atoms with E-state index in [1.165, 1.54) is 0 Å². The smallest absolute Gasteiger partial charge is 0.106 e. The van der Waals surface area contributed by atoms with E-state index >= 15 is 0 Å². The van der Waals surface area contributed by atoms with Gasteiger partial charge in [0.2, 0.25) is 0 Å². The summed E-state index contributed by atoms with van der Waals surface area (Å²) in [6.07, 6.45) is 0. The summed E-state index contributed by atoms with van der Waals surface area (Å²) in [5.41, 5.74) is 10.5. The first-order chi connectivity index (χ1) is 6.11. The average molecular weight is 195 g/mol. The molecule has 0 heterocycles. The summed E-state index contributed by atoms with van der Waals surface area (Å²) in [5, 5.41) is 1.84. The van der Waals surface area contributed by atoms with Crippen LogP contribution >= 0.6 is 12.2 Å². The molecule has 0 aliphatic heterocycles. The Hall–Kier alpha value is -1.13. The Balaban J connectivity index is 2.98. The number of para-hydroxylation sites is 1. The van der Waals surface area contributed by atoms with Crippen molar-refractivity contribution in [2.24, 2.45) is 5.73 Å². The van der Waals surface area contributed by atoms with Crippen molar-refractivity contribution in [2.75, 3.05) is 19.5 Å². The fraction of sp³-hybridized carbons (Fsp3) is 0.222. The van der Waals surface area contributed by atoms with Crippen molar-refractivity contribution in [1.29, 1.82) is 0 Å². The summed E-state index contributed by atoms with van der Waals surface area (Å²) >= 11 is 4.92. The van der Waals surface area contributed by atoms with Gasteiger partial charge in [-0.05, 0) is 12.1 Å². The van der Waals surface area contributed by atoms with Crippen molar-refractivity contribution < 1.29 is 0 Å². The molecule has 1 aromatic carbocycles. The minimum absolute atomic E-state index is 0.407. The van der Waals surface area contributed by atoms with Gasteiger partial charge in [-0.15, -0.1) is 0 Å². The zero-order chi connectivity index (χ0) is 9.84. The number of rotatable bonds is 3. The van der Waals surface area contributed by atoms with E-state index in [0.29, 0.717) is 4.99 Å². The lowest BCUT2D eigenvalue weighted by Crippen LogP contribution is -2.22. The maximum Gasteiger partial charge on any atom is 0.106 e. The van der Waals surface area contributed by atoms with Crippen molar-refractivity contribution in [1.82, 2.24) is 5.01 Å². The van der Waals surface area contributed by atoms with Crippen LogP contribution in [-0.4, -0.2) is 24.1 Å². The molecule has 0 bridgehead atoms. The number of hydrazine groups is 1. The second-order valence-electron chi connectivity index (χ2n) is 2.92. The molecule has 4 heteroatoms. The first kappa shape index (κ1) is 9.95. The number of nitrogens with zero attached hydrogens (tertiary/aromatic N) is 1. The van der Waals surface area contributed by atoms with E-state index in [1.54, 1.807) is 0 Å². The normalized spacial score (nSPS) is 10.1. The van der Waals surface area contributed by atoms with Gasteiger partial charge in [-0.1, -0.05) is 24.4 Å². The molecule has 3 nitrogen and oxygen atoms in total. The van der Waals surface area contributed by atoms with Gasteiger partial charge >= 0.3 is 0 Å². The second-order valence-corrected chi connectivity index (χ2v) is 3.36. The van der Waals surface area contributed by atoms with E-state index in [-0.39, 0.29) is 0 Å².